The highest BCUT2D eigenvalue weighted by molar-refractivity contribution is 6.00. The molecule has 0 aromatic heterocycles. The summed E-state index contributed by atoms with van der Waals surface area (Å²) in [4.78, 5) is 20.8. The van der Waals surface area contributed by atoms with Crippen molar-refractivity contribution in [3.05, 3.63) is 75.7 Å². The highest BCUT2D eigenvalue weighted by Gasteiger charge is 2.44. The summed E-state index contributed by atoms with van der Waals surface area (Å²) in [5, 5.41) is 15.5. The number of aliphatic imine (C=N–C) groups is 1. The molecule has 9 heteroatoms. The molecule has 1 aliphatic rings. The van der Waals surface area contributed by atoms with Gasteiger partial charge in [-0.1, -0.05) is 36.3 Å². The second-order valence-corrected chi connectivity index (χ2v) is 7.78. The van der Waals surface area contributed by atoms with Crippen molar-refractivity contribution in [2.45, 2.75) is 38.3 Å². The Balaban J connectivity index is 1.87. The summed E-state index contributed by atoms with van der Waals surface area (Å²) in [6.07, 6.45) is 1.70. The van der Waals surface area contributed by atoms with Crippen LogP contribution in [0.15, 0.2) is 58.6 Å². The van der Waals surface area contributed by atoms with Crippen molar-refractivity contribution in [1.29, 1.82) is 0 Å². The van der Waals surface area contributed by atoms with E-state index in [1.54, 1.807) is 0 Å². The molecule has 2 aromatic rings. The SMILES string of the molecule is CCCNC(=O)[C@@]1(Cc2ccccc2CN=[N+]=[N-])COC(c2ccc(OCCCO)cc2)=N1. The van der Waals surface area contributed by atoms with Gasteiger partial charge in [0.25, 0.3) is 5.91 Å². The summed E-state index contributed by atoms with van der Waals surface area (Å²) in [6, 6.07) is 14.9. The van der Waals surface area contributed by atoms with Crippen molar-refractivity contribution in [2.75, 3.05) is 26.4 Å². The standard InChI is InChI=1S/C24H29N5O4/c1-2-12-26-23(31)24(15-19-6-3-4-7-20(19)16-27-29-25)17-33-22(28-24)18-8-10-21(11-9-18)32-14-5-13-30/h3-4,6-11,30H,2,5,12-17H2,1H3,(H,26,31)/t24-/m1/s1. The lowest BCUT2D eigenvalue weighted by Crippen LogP contribution is -2.48. The summed E-state index contributed by atoms with van der Waals surface area (Å²) in [5.41, 5.74) is 10.1. The van der Waals surface area contributed by atoms with Crippen molar-refractivity contribution < 1.29 is 19.4 Å². The largest absolute Gasteiger partial charge is 0.494 e. The quantitative estimate of drug-likeness (QED) is 0.221. The fraction of sp³-hybridized carbons (Fsp3) is 0.417. The lowest BCUT2D eigenvalue weighted by Gasteiger charge is -2.24. The molecule has 0 fully saturated rings. The second-order valence-electron chi connectivity index (χ2n) is 7.78. The van der Waals surface area contributed by atoms with Gasteiger partial charge in [-0.2, -0.15) is 0 Å². The van der Waals surface area contributed by atoms with Crippen molar-refractivity contribution >= 4 is 11.8 Å². The van der Waals surface area contributed by atoms with E-state index in [0.717, 1.165) is 23.1 Å². The molecule has 0 radical (unpaired) electrons. The first kappa shape index (κ1) is 24.1. The third-order valence-corrected chi connectivity index (χ3v) is 5.30. The smallest absolute Gasteiger partial charge is 0.251 e. The van der Waals surface area contributed by atoms with Gasteiger partial charge >= 0.3 is 0 Å². The molecule has 174 valence electrons. The van der Waals surface area contributed by atoms with Gasteiger partial charge in [0.05, 0.1) is 13.2 Å². The van der Waals surface area contributed by atoms with E-state index in [0.29, 0.717) is 37.6 Å². The summed E-state index contributed by atoms with van der Waals surface area (Å²) < 4.78 is 11.5. The van der Waals surface area contributed by atoms with Gasteiger partial charge in [0.2, 0.25) is 5.90 Å². The minimum atomic E-state index is -1.12. The molecule has 1 aliphatic heterocycles. The number of carbonyl (C=O) groups is 1. The Morgan fingerprint density at radius 3 is 2.73 bits per heavy atom. The average molecular weight is 452 g/mol. The first-order valence-corrected chi connectivity index (χ1v) is 11.0. The first-order valence-electron chi connectivity index (χ1n) is 11.0. The third-order valence-electron chi connectivity index (χ3n) is 5.30. The fourth-order valence-electron chi connectivity index (χ4n) is 3.54. The molecular formula is C24H29N5O4. The zero-order valence-corrected chi connectivity index (χ0v) is 18.7. The van der Waals surface area contributed by atoms with E-state index >= 15 is 0 Å². The van der Waals surface area contributed by atoms with Crippen LogP contribution in [-0.2, 0) is 22.5 Å². The first-order chi connectivity index (χ1) is 16.1. The normalized spacial score (nSPS) is 17.0. The van der Waals surface area contributed by atoms with Crippen molar-refractivity contribution in [2.24, 2.45) is 10.1 Å². The maximum atomic E-state index is 13.2. The van der Waals surface area contributed by atoms with Crippen LogP contribution in [0.25, 0.3) is 10.4 Å². The molecule has 0 bridgehead atoms. The van der Waals surface area contributed by atoms with Crippen LogP contribution in [0.2, 0.25) is 0 Å². The Kier molecular flexibility index (Phi) is 8.69. The minimum Gasteiger partial charge on any atom is -0.494 e. The predicted octanol–water partition coefficient (Wildman–Crippen LogP) is 3.54. The van der Waals surface area contributed by atoms with Crippen molar-refractivity contribution in [3.8, 4) is 5.75 Å². The zero-order chi connectivity index (χ0) is 23.5. The number of aliphatic hydroxyl groups is 1. The minimum absolute atomic E-state index is 0.0803. The van der Waals surface area contributed by atoms with Crippen molar-refractivity contribution in [1.82, 2.24) is 5.32 Å². The number of azide groups is 1. The molecule has 0 saturated carbocycles. The monoisotopic (exact) mass is 451 g/mol. The second kappa shape index (κ2) is 11.9. The molecule has 1 atom stereocenters. The number of hydrogen-bond acceptors (Lipinski definition) is 6. The average Bonchev–Trinajstić information content (AvgIpc) is 3.28. The molecule has 1 heterocycles. The molecule has 1 amide bonds. The van der Waals surface area contributed by atoms with Gasteiger partial charge in [-0.15, -0.1) is 0 Å². The molecule has 3 rings (SSSR count). The summed E-state index contributed by atoms with van der Waals surface area (Å²) >= 11 is 0. The Hall–Kier alpha value is -3.55. The van der Waals surface area contributed by atoms with E-state index in [-0.39, 0.29) is 25.7 Å². The van der Waals surface area contributed by atoms with Crippen LogP contribution >= 0.6 is 0 Å². The Morgan fingerprint density at radius 1 is 1.27 bits per heavy atom. The van der Waals surface area contributed by atoms with Crippen molar-refractivity contribution in [3.63, 3.8) is 0 Å². The molecule has 2 aromatic carbocycles. The highest BCUT2D eigenvalue weighted by atomic mass is 16.5. The lowest BCUT2D eigenvalue weighted by molar-refractivity contribution is -0.126. The number of amides is 1. The molecule has 0 unspecified atom stereocenters. The topological polar surface area (TPSA) is 129 Å². The Labute approximate surface area is 193 Å². The highest BCUT2D eigenvalue weighted by Crippen LogP contribution is 2.29. The fourth-order valence-corrected chi connectivity index (χ4v) is 3.54. The van der Waals surface area contributed by atoms with E-state index < -0.39 is 5.54 Å². The van der Waals surface area contributed by atoms with Gasteiger partial charge in [0, 0.05) is 36.5 Å². The Morgan fingerprint density at radius 2 is 2.03 bits per heavy atom. The maximum absolute atomic E-state index is 13.2. The number of nitrogens with one attached hydrogen (secondary N) is 1. The molecule has 33 heavy (non-hydrogen) atoms. The van der Waals surface area contributed by atoms with E-state index in [9.17, 15) is 4.79 Å². The predicted molar refractivity (Wildman–Crippen MR) is 125 cm³/mol. The van der Waals surface area contributed by atoms with Gasteiger partial charge in [-0.25, -0.2) is 4.99 Å². The zero-order valence-electron chi connectivity index (χ0n) is 18.7. The van der Waals surface area contributed by atoms with Gasteiger partial charge in [0.1, 0.15) is 12.4 Å². The van der Waals surface area contributed by atoms with E-state index in [2.05, 4.69) is 15.3 Å². The summed E-state index contributed by atoms with van der Waals surface area (Å²) in [7, 11) is 0. The van der Waals surface area contributed by atoms with E-state index in [1.807, 2.05) is 55.5 Å². The van der Waals surface area contributed by atoms with Crippen LogP contribution in [0.4, 0.5) is 0 Å². The molecule has 0 saturated heterocycles. The number of nitrogens with zero attached hydrogens (tertiary/aromatic N) is 4. The summed E-state index contributed by atoms with van der Waals surface area (Å²) in [6.45, 7) is 3.37. The molecule has 9 nitrogen and oxygen atoms in total. The van der Waals surface area contributed by atoms with Crippen LogP contribution in [0.3, 0.4) is 0 Å². The number of rotatable bonds is 12. The number of aliphatic hydroxyl groups excluding tert-OH is 1. The molecule has 0 spiro atoms. The van der Waals surface area contributed by atoms with Crippen LogP contribution in [0.5, 0.6) is 5.75 Å². The van der Waals surface area contributed by atoms with Gasteiger partial charge in [-0.05, 0) is 47.3 Å². The molecule has 0 aliphatic carbocycles. The Bertz CT molecular complexity index is 1020. The molecule has 2 N–H and O–H groups in total. The number of carbonyl (C=O) groups excluding carboxylic acids is 1. The summed E-state index contributed by atoms with van der Waals surface area (Å²) in [5.74, 6) is 0.891. The van der Waals surface area contributed by atoms with Crippen LogP contribution < -0.4 is 10.1 Å². The number of hydrogen-bond donors (Lipinski definition) is 2. The third kappa shape index (κ3) is 6.25. The van der Waals surface area contributed by atoms with E-state index in [1.165, 1.54) is 0 Å². The van der Waals surface area contributed by atoms with E-state index in [4.69, 9.17) is 25.1 Å². The number of ether oxygens (including phenoxy) is 2. The number of benzene rings is 2. The van der Waals surface area contributed by atoms with Crippen LogP contribution in [0.1, 0.15) is 36.5 Å². The van der Waals surface area contributed by atoms with Gasteiger partial charge < -0.3 is 19.9 Å². The van der Waals surface area contributed by atoms with Crippen LogP contribution in [0, 0.1) is 0 Å². The molecular weight excluding hydrogens is 422 g/mol. The lowest BCUT2D eigenvalue weighted by atomic mass is 9.89. The van der Waals surface area contributed by atoms with Gasteiger partial charge in [0.15, 0.2) is 5.54 Å². The van der Waals surface area contributed by atoms with Crippen LogP contribution in [-0.4, -0.2) is 48.8 Å². The van der Waals surface area contributed by atoms with Gasteiger partial charge in [-0.3, -0.25) is 4.79 Å². The maximum Gasteiger partial charge on any atom is 0.251 e.